The highest BCUT2D eigenvalue weighted by Crippen LogP contribution is 2.16. The van der Waals surface area contributed by atoms with Gasteiger partial charge in [-0.05, 0) is 19.4 Å². The molecule has 1 amide bonds. The number of nitrogens with one attached hydrogen (secondary N) is 1. The number of nitrogens with two attached hydrogens (primary N) is 1. The van der Waals surface area contributed by atoms with E-state index in [0.29, 0.717) is 24.3 Å². The number of carbonyl (C=O) groups excluding carboxylic acids is 1. The van der Waals surface area contributed by atoms with Crippen molar-refractivity contribution in [2.24, 2.45) is 5.73 Å². The molecule has 1 aromatic rings. The molecule has 3 N–H and O–H groups in total. The molecule has 2 heterocycles. The highest BCUT2D eigenvalue weighted by atomic mass is 32.1. The van der Waals surface area contributed by atoms with Gasteiger partial charge in [-0.1, -0.05) is 0 Å². The molecule has 6 heteroatoms. The maximum atomic E-state index is 11.7. The van der Waals surface area contributed by atoms with E-state index in [1.807, 2.05) is 5.38 Å². The first-order chi connectivity index (χ1) is 7.79. The van der Waals surface area contributed by atoms with Crippen molar-refractivity contribution >= 4 is 22.4 Å². The summed E-state index contributed by atoms with van der Waals surface area (Å²) in [6.45, 7) is 2.01. The van der Waals surface area contributed by atoms with Crippen LogP contribution in [-0.4, -0.2) is 41.5 Å². The van der Waals surface area contributed by atoms with Gasteiger partial charge in [-0.3, -0.25) is 9.69 Å². The van der Waals surface area contributed by atoms with Gasteiger partial charge in [0.05, 0.1) is 6.54 Å². The number of carbonyl (C=O) groups is 1. The van der Waals surface area contributed by atoms with Crippen molar-refractivity contribution in [3.05, 3.63) is 11.6 Å². The second kappa shape index (κ2) is 5.38. The molecule has 0 bridgehead atoms. The molecule has 16 heavy (non-hydrogen) atoms. The number of likely N-dealkylation sites (tertiary alicyclic amines) is 1. The number of thiazole rings is 1. The highest BCUT2D eigenvalue weighted by molar-refractivity contribution is 7.13. The van der Waals surface area contributed by atoms with Gasteiger partial charge in [-0.2, -0.15) is 0 Å². The summed E-state index contributed by atoms with van der Waals surface area (Å²) in [5.41, 5.74) is 5.65. The number of rotatable bonds is 4. The number of aromatic nitrogens is 1. The Hall–Kier alpha value is -0.980. The van der Waals surface area contributed by atoms with Gasteiger partial charge in [-0.25, -0.2) is 4.98 Å². The molecule has 1 aliphatic rings. The lowest BCUT2D eigenvalue weighted by Gasteiger charge is -2.21. The third kappa shape index (κ3) is 2.78. The molecule has 1 saturated heterocycles. The van der Waals surface area contributed by atoms with Crippen molar-refractivity contribution in [1.29, 1.82) is 0 Å². The summed E-state index contributed by atoms with van der Waals surface area (Å²) in [4.78, 5) is 17.9. The zero-order chi connectivity index (χ0) is 11.4. The fraction of sp³-hybridized carbons (Fsp3) is 0.600. The van der Waals surface area contributed by atoms with E-state index in [1.165, 1.54) is 11.3 Å². The van der Waals surface area contributed by atoms with Crippen molar-refractivity contribution in [3.63, 3.8) is 0 Å². The summed E-state index contributed by atoms with van der Waals surface area (Å²) in [5, 5.41) is 5.28. The zero-order valence-corrected chi connectivity index (χ0v) is 9.87. The van der Waals surface area contributed by atoms with Crippen LogP contribution in [0.4, 0.5) is 5.13 Å². The molecule has 0 aliphatic carbocycles. The topological polar surface area (TPSA) is 71.2 Å². The van der Waals surface area contributed by atoms with Crippen LogP contribution in [0.2, 0.25) is 0 Å². The fourth-order valence-corrected chi connectivity index (χ4v) is 2.54. The van der Waals surface area contributed by atoms with Crippen molar-refractivity contribution < 1.29 is 4.79 Å². The minimum absolute atomic E-state index is 0.00435. The zero-order valence-electron chi connectivity index (χ0n) is 9.06. The van der Waals surface area contributed by atoms with Gasteiger partial charge in [0.15, 0.2) is 5.13 Å². The maximum Gasteiger partial charge on any atom is 0.240 e. The van der Waals surface area contributed by atoms with E-state index in [0.717, 1.165) is 19.4 Å². The average molecular weight is 240 g/mol. The minimum Gasteiger partial charge on any atom is -0.329 e. The fourth-order valence-electron chi connectivity index (χ4n) is 2.00. The monoisotopic (exact) mass is 240 g/mol. The molecular weight excluding hydrogens is 224 g/mol. The van der Waals surface area contributed by atoms with E-state index < -0.39 is 0 Å². The van der Waals surface area contributed by atoms with Crippen LogP contribution in [0.15, 0.2) is 11.6 Å². The molecule has 1 aromatic heterocycles. The summed E-state index contributed by atoms with van der Waals surface area (Å²) in [7, 11) is 0. The summed E-state index contributed by atoms with van der Waals surface area (Å²) in [5.74, 6) is -0.00435. The first kappa shape index (κ1) is 11.5. The largest absolute Gasteiger partial charge is 0.329 e. The second-order valence-electron chi connectivity index (χ2n) is 3.89. The Morgan fingerprint density at radius 2 is 2.62 bits per heavy atom. The lowest BCUT2D eigenvalue weighted by Crippen LogP contribution is -2.40. The average Bonchev–Trinajstić information content (AvgIpc) is 2.88. The summed E-state index contributed by atoms with van der Waals surface area (Å²) in [6.07, 6.45) is 3.91. The summed E-state index contributed by atoms with van der Waals surface area (Å²) >= 11 is 1.43. The Morgan fingerprint density at radius 3 is 3.31 bits per heavy atom. The van der Waals surface area contributed by atoms with Crippen LogP contribution in [0.5, 0.6) is 0 Å². The molecule has 2 rings (SSSR count). The standard InChI is InChI=1S/C10H16N4OS/c11-6-8-2-1-4-14(8)7-9(15)13-10-12-3-5-16-10/h3,5,8H,1-2,4,6-7,11H2,(H,12,13,15). The number of nitrogens with zero attached hydrogens (tertiary/aromatic N) is 2. The van der Waals surface area contributed by atoms with Gasteiger partial charge in [0.2, 0.25) is 5.91 Å². The predicted octanol–water partition coefficient (Wildman–Crippen LogP) is 0.505. The Balaban J connectivity index is 1.83. The van der Waals surface area contributed by atoms with Crippen molar-refractivity contribution in [3.8, 4) is 0 Å². The SMILES string of the molecule is NCC1CCCN1CC(=O)Nc1nccs1. The van der Waals surface area contributed by atoms with E-state index in [2.05, 4.69) is 15.2 Å². The van der Waals surface area contributed by atoms with E-state index in [-0.39, 0.29) is 5.91 Å². The molecule has 0 radical (unpaired) electrons. The molecule has 1 unspecified atom stereocenters. The molecule has 5 nitrogen and oxygen atoms in total. The van der Waals surface area contributed by atoms with Gasteiger partial charge in [0, 0.05) is 24.2 Å². The predicted molar refractivity (Wildman–Crippen MR) is 64.4 cm³/mol. The third-order valence-electron chi connectivity index (χ3n) is 2.80. The van der Waals surface area contributed by atoms with Crippen molar-refractivity contribution in [2.75, 3.05) is 25.0 Å². The highest BCUT2D eigenvalue weighted by Gasteiger charge is 2.24. The van der Waals surface area contributed by atoms with Crippen LogP contribution in [0.1, 0.15) is 12.8 Å². The maximum absolute atomic E-state index is 11.7. The summed E-state index contributed by atoms with van der Waals surface area (Å²) < 4.78 is 0. The van der Waals surface area contributed by atoms with Crippen molar-refractivity contribution in [2.45, 2.75) is 18.9 Å². The van der Waals surface area contributed by atoms with Crippen molar-refractivity contribution in [1.82, 2.24) is 9.88 Å². The molecular formula is C10H16N4OS. The quantitative estimate of drug-likeness (QED) is 0.804. The van der Waals surface area contributed by atoms with Crippen LogP contribution < -0.4 is 11.1 Å². The van der Waals surface area contributed by atoms with Gasteiger partial charge in [0.1, 0.15) is 0 Å². The number of anilines is 1. The number of hydrogen-bond donors (Lipinski definition) is 2. The van der Waals surface area contributed by atoms with Crippen LogP contribution in [-0.2, 0) is 4.79 Å². The van der Waals surface area contributed by atoms with E-state index >= 15 is 0 Å². The Kier molecular flexibility index (Phi) is 3.87. The molecule has 1 fully saturated rings. The Bertz CT molecular complexity index is 341. The molecule has 1 aliphatic heterocycles. The Labute approximate surface area is 98.7 Å². The van der Waals surface area contributed by atoms with Crippen LogP contribution in [0.25, 0.3) is 0 Å². The molecule has 88 valence electrons. The summed E-state index contributed by atoms with van der Waals surface area (Å²) in [6, 6.07) is 0.363. The lowest BCUT2D eigenvalue weighted by atomic mass is 10.2. The molecule has 0 saturated carbocycles. The first-order valence-corrected chi connectivity index (χ1v) is 6.31. The lowest BCUT2D eigenvalue weighted by molar-refractivity contribution is -0.117. The molecule has 1 atom stereocenters. The van der Waals surface area contributed by atoms with Crippen LogP contribution >= 0.6 is 11.3 Å². The van der Waals surface area contributed by atoms with Gasteiger partial charge < -0.3 is 11.1 Å². The molecule has 0 spiro atoms. The Morgan fingerprint density at radius 1 is 1.75 bits per heavy atom. The van der Waals surface area contributed by atoms with Gasteiger partial charge >= 0.3 is 0 Å². The number of hydrogen-bond acceptors (Lipinski definition) is 5. The van der Waals surface area contributed by atoms with Crippen LogP contribution in [0.3, 0.4) is 0 Å². The normalized spacial score (nSPS) is 21.2. The first-order valence-electron chi connectivity index (χ1n) is 5.43. The van der Waals surface area contributed by atoms with E-state index in [9.17, 15) is 4.79 Å². The van der Waals surface area contributed by atoms with E-state index in [4.69, 9.17) is 5.73 Å². The third-order valence-corrected chi connectivity index (χ3v) is 3.49. The number of amides is 1. The van der Waals surface area contributed by atoms with Gasteiger partial charge in [-0.15, -0.1) is 11.3 Å². The molecule has 0 aromatic carbocycles. The van der Waals surface area contributed by atoms with Gasteiger partial charge in [0.25, 0.3) is 0 Å². The smallest absolute Gasteiger partial charge is 0.240 e. The minimum atomic E-state index is -0.00435. The van der Waals surface area contributed by atoms with Crippen LogP contribution in [0, 0.1) is 0 Å². The van der Waals surface area contributed by atoms with E-state index in [1.54, 1.807) is 6.20 Å². The second-order valence-corrected chi connectivity index (χ2v) is 4.78.